The van der Waals surface area contributed by atoms with Crippen molar-refractivity contribution in [2.24, 2.45) is 11.7 Å². The van der Waals surface area contributed by atoms with Gasteiger partial charge < -0.3 is 16.4 Å². The second-order valence-corrected chi connectivity index (χ2v) is 6.72. The van der Waals surface area contributed by atoms with Crippen molar-refractivity contribution in [1.29, 1.82) is 0 Å². The highest BCUT2D eigenvalue weighted by Gasteiger charge is 2.08. The zero-order valence-corrected chi connectivity index (χ0v) is 14.2. The van der Waals surface area contributed by atoms with Gasteiger partial charge in [0.1, 0.15) is 0 Å². The van der Waals surface area contributed by atoms with Crippen LogP contribution in [0.25, 0.3) is 0 Å². The summed E-state index contributed by atoms with van der Waals surface area (Å²) in [5, 5.41) is 7.20. The molecule has 1 fully saturated rings. The Morgan fingerprint density at radius 1 is 0.857 bits per heavy atom. The Hall–Kier alpha value is -0.120. The third-order valence-corrected chi connectivity index (χ3v) is 4.67. The van der Waals surface area contributed by atoms with Gasteiger partial charge in [-0.05, 0) is 70.7 Å². The highest BCUT2D eigenvalue weighted by atomic mass is 14.9. The van der Waals surface area contributed by atoms with Crippen LogP contribution in [0.15, 0.2) is 0 Å². The van der Waals surface area contributed by atoms with Crippen molar-refractivity contribution >= 4 is 0 Å². The molecular formula is C18H39N3. The number of hydrogen-bond donors (Lipinski definition) is 3. The quantitative estimate of drug-likeness (QED) is 0.631. The summed E-state index contributed by atoms with van der Waals surface area (Å²) in [7, 11) is 0. The Kier molecular flexibility index (Phi) is 13.3. The first kappa shape index (κ1) is 18.9. The van der Waals surface area contributed by atoms with Gasteiger partial charge in [-0.3, -0.25) is 0 Å². The van der Waals surface area contributed by atoms with Crippen LogP contribution in [0.5, 0.6) is 0 Å². The number of nitrogens with one attached hydrogen (secondary N) is 2. The highest BCUT2D eigenvalue weighted by molar-refractivity contribution is 4.65. The molecule has 0 aromatic heterocycles. The van der Waals surface area contributed by atoms with Gasteiger partial charge in [-0.25, -0.2) is 0 Å². The molecule has 0 radical (unpaired) electrons. The topological polar surface area (TPSA) is 50.1 Å². The van der Waals surface area contributed by atoms with E-state index in [1.807, 2.05) is 0 Å². The predicted molar refractivity (Wildman–Crippen MR) is 93.7 cm³/mol. The maximum atomic E-state index is 5.51. The fraction of sp³-hybridized carbons (Fsp3) is 1.00. The van der Waals surface area contributed by atoms with Gasteiger partial charge in [-0.1, -0.05) is 44.9 Å². The lowest BCUT2D eigenvalue weighted by atomic mass is 9.95. The molecule has 1 unspecified atom stereocenters. The molecule has 3 nitrogen and oxygen atoms in total. The van der Waals surface area contributed by atoms with E-state index < -0.39 is 0 Å². The van der Waals surface area contributed by atoms with Gasteiger partial charge in [0, 0.05) is 0 Å². The lowest BCUT2D eigenvalue weighted by Crippen LogP contribution is -2.25. The first-order chi connectivity index (χ1) is 10.4. The minimum atomic E-state index is 0.805. The first-order valence-corrected chi connectivity index (χ1v) is 9.55. The third-order valence-electron chi connectivity index (χ3n) is 4.67. The van der Waals surface area contributed by atoms with E-state index in [9.17, 15) is 0 Å². The Morgan fingerprint density at radius 2 is 1.52 bits per heavy atom. The van der Waals surface area contributed by atoms with Crippen LogP contribution in [-0.2, 0) is 0 Å². The Bertz CT molecular complexity index is 195. The van der Waals surface area contributed by atoms with E-state index in [4.69, 9.17) is 5.73 Å². The van der Waals surface area contributed by atoms with E-state index >= 15 is 0 Å². The monoisotopic (exact) mass is 297 g/mol. The van der Waals surface area contributed by atoms with Crippen molar-refractivity contribution in [3.63, 3.8) is 0 Å². The van der Waals surface area contributed by atoms with Crippen LogP contribution in [0.2, 0.25) is 0 Å². The maximum Gasteiger partial charge on any atom is -0.00205 e. The largest absolute Gasteiger partial charge is 0.330 e. The molecule has 1 rings (SSSR count). The molecule has 0 aromatic carbocycles. The van der Waals surface area contributed by atoms with Crippen molar-refractivity contribution in [3.05, 3.63) is 0 Å². The van der Waals surface area contributed by atoms with E-state index in [1.54, 1.807) is 0 Å². The van der Waals surface area contributed by atoms with Gasteiger partial charge in [0.15, 0.2) is 0 Å². The summed E-state index contributed by atoms with van der Waals surface area (Å²) >= 11 is 0. The molecule has 0 aliphatic carbocycles. The molecule has 1 aliphatic heterocycles. The minimum absolute atomic E-state index is 0.805. The lowest BCUT2D eigenvalue weighted by Gasteiger charge is -2.18. The molecule has 4 N–H and O–H groups in total. The second kappa shape index (κ2) is 14.8. The molecule has 0 bridgehead atoms. The van der Waals surface area contributed by atoms with Gasteiger partial charge >= 0.3 is 0 Å². The van der Waals surface area contributed by atoms with Crippen LogP contribution in [0.1, 0.15) is 77.0 Å². The second-order valence-electron chi connectivity index (χ2n) is 6.72. The Morgan fingerprint density at radius 3 is 2.29 bits per heavy atom. The van der Waals surface area contributed by atoms with Crippen LogP contribution >= 0.6 is 0 Å². The van der Waals surface area contributed by atoms with Crippen molar-refractivity contribution in [2.45, 2.75) is 77.0 Å². The maximum absolute atomic E-state index is 5.51. The van der Waals surface area contributed by atoms with Crippen molar-refractivity contribution in [1.82, 2.24) is 10.6 Å². The molecule has 1 atom stereocenters. The molecule has 1 aliphatic rings. The molecule has 0 spiro atoms. The molecule has 0 aromatic rings. The van der Waals surface area contributed by atoms with Crippen LogP contribution in [0.3, 0.4) is 0 Å². The predicted octanol–water partition coefficient (Wildman–Crippen LogP) is 3.44. The Balaban J connectivity index is 2.11. The van der Waals surface area contributed by atoms with Gasteiger partial charge in [0.25, 0.3) is 0 Å². The molecular weight excluding hydrogens is 258 g/mol. The van der Waals surface area contributed by atoms with Crippen molar-refractivity contribution < 1.29 is 0 Å². The summed E-state index contributed by atoms with van der Waals surface area (Å²) in [6.45, 7) is 5.52. The SMILES string of the molecule is NCCCNCCCC1CCCCCCCCCCNC1. The van der Waals surface area contributed by atoms with E-state index in [1.165, 1.54) is 83.7 Å². The van der Waals surface area contributed by atoms with E-state index in [0.29, 0.717) is 0 Å². The molecule has 126 valence electrons. The Labute approximate surface area is 132 Å². The van der Waals surface area contributed by atoms with Crippen molar-refractivity contribution in [2.75, 3.05) is 32.7 Å². The van der Waals surface area contributed by atoms with E-state index in [2.05, 4.69) is 10.6 Å². The third kappa shape index (κ3) is 12.1. The smallest absolute Gasteiger partial charge is 0.00205 e. The summed E-state index contributed by atoms with van der Waals surface area (Å²) < 4.78 is 0. The number of hydrogen-bond acceptors (Lipinski definition) is 3. The van der Waals surface area contributed by atoms with Crippen LogP contribution in [0.4, 0.5) is 0 Å². The summed E-state index contributed by atoms with van der Waals surface area (Å²) in [5.41, 5.74) is 5.51. The van der Waals surface area contributed by atoms with E-state index in [-0.39, 0.29) is 0 Å². The van der Waals surface area contributed by atoms with Crippen LogP contribution in [0, 0.1) is 5.92 Å². The fourth-order valence-electron chi connectivity index (χ4n) is 3.27. The molecule has 3 heteroatoms. The normalized spacial score (nSPS) is 23.0. The van der Waals surface area contributed by atoms with Crippen LogP contribution in [-0.4, -0.2) is 32.7 Å². The fourth-order valence-corrected chi connectivity index (χ4v) is 3.27. The first-order valence-electron chi connectivity index (χ1n) is 9.55. The molecule has 1 saturated heterocycles. The van der Waals surface area contributed by atoms with Gasteiger partial charge in [-0.15, -0.1) is 0 Å². The summed E-state index contributed by atoms with van der Waals surface area (Å²) in [4.78, 5) is 0. The summed E-state index contributed by atoms with van der Waals surface area (Å²) in [6, 6.07) is 0. The minimum Gasteiger partial charge on any atom is -0.330 e. The van der Waals surface area contributed by atoms with Crippen LogP contribution < -0.4 is 16.4 Å². The van der Waals surface area contributed by atoms with Gasteiger partial charge in [-0.2, -0.15) is 0 Å². The average molecular weight is 298 g/mol. The average Bonchev–Trinajstić information content (AvgIpc) is 2.52. The molecule has 0 saturated carbocycles. The summed E-state index contributed by atoms with van der Waals surface area (Å²) in [6.07, 6.45) is 16.7. The zero-order valence-electron chi connectivity index (χ0n) is 14.2. The number of rotatable bonds is 7. The molecule has 21 heavy (non-hydrogen) atoms. The lowest BCUT2D eigenvalue weighted by molar-refractivity contribution is 0.386. The van der Waals surface area contributed by atoms with Gasteiger partial charge in [0.2, 0.25) is 0 Å². The highest BCUT2D eigenvalue weighted by Crippen LogP contribution is 2.17. The van der Waals surface area contributed by atoms with Gasteiger partial charge in [0.05, 0.1) is 0 Å². The van der Waals surface area contributed by atoms with E-state index in [0.717, 1.165) is 32.0 Å². The number of nitrogens with two attached hydrogens (primary N) is 1. The zero-order chi connectivity index (χ0) is 15.0. The molecule has 0 amide bonds. The summed E-state index contributed by atoms with van der Waals surface area (Å²) in [5.74, 6) is 0.891. The standard InChI is InChI=1S/C18H39N3/c19-13-10-16-20-15-9-12-18-11-7-5-3-1-2-4-6-8-14-21-17-18/h18,20-21H,1-17,19H2. The van der Waals surface area contributed by atoms with Crippen molar-refractivity contribution in [3.8, 4) is 0 Å². The molecule has 1 heterocycles.